The SMILES string of the molecule is O=C(Nc1sc2c(c1S(=O)(=O)NC1CC(F)C1)C[C@@H](CC(=O)C(F)(F)F)CC2)C1CC1. The van der Waals surface area contributed by atoms with Gasteiger partial charge in [0.2, 0.25) is 21.7 Å². The van der Waals surface area contributed by atoms with E-state index in [0.29, 0.717) is 23.3 Å². The van der Waals surface area contributed by atoms with E-state index in [9.17, 15) is 35.6 Å². The number of halogens is 4. The molecule has 1 atom stereocenters. The predicted molar refractivity (Wildman–Crippen MR) is 105 cm³/mol. The van der Waals surface area contributed by atoms with Crippen LogP contribution in [0.5, 0.6) is 0 Å². The van der Waals surface area contributed by atoms with Gasteiger partial charge in [-0.15, -0.1) is 11.3 Å². The van der Waals surface area contributed by atoms with Crippen LogP contribution in [0.4, 0.5) is 22.6 Å². The Morgan fingerprint density at radius 1 is 1.13 bits per heavy atom. The van der Waals surface area contributed by atoms with Crippen LogP contribution in [0.2, 0.25) is 0 Å². The van der Waals surface area contributed by atoms with Gasteiger partial charge in [-0.2, -0.15) is 13.2 Å². The monoisotopic (exact) mass is 482 g/mol. The third kappa shape index (κ3) is 4.95. The van der Waals surface area contributed by atoms with Crippen molar-refractivity contribution < 1.29 is 35.6 Å². The number of fused-ring (bicyclic) bond motifs is 1. The van der Waals surface area contributed by atoms with Gasteiger partial charge in [0, 0.05) is 23.3 Å². The number of anilines is 1. The molecule has 0 aliphatic heterocycles. The highest BCUT2D eigenvalue weighted by molar-refractivity contribution is 7.90. The summed E-state index contributed by atoms with van der Waals surface area (Å²) in [5, 5.41) is 2.82. The lowest BCUT2D eigenvalue weighted by molar-refractivity contribution is -0.172. The zero-order valence-electron chi connectivity index (χ0n) is 16.4. The fourth-order valence-corrected chi connectivity index (χ4v) is 7.27. The Hall–Kier alpha value is -1.53. The molecule has 0 aromatic carbocycles. The Labute approximate surface area is 180 Å². The first kappa shape index (κ1) is 22.7. The third-order valence-electron chi connectivity index (χ3n) is 5.96. The first-order valence-electron chi connectivity index (χ1n) is 10.2. The molecule has 3 aliphatic rings. The Kier molecular flexibility index (Phi) is 5.93. The molecule has 31 heavy (non-hydrogen) atoms. The first-order valence-corrected chi connectivity index (χ1v) is 12.5. The number of hydrogen-bond acceptors (Lipinski definition) is 5. The van der Waals surface area contributed by atoms with Crippen molar-refractivity contribution in [3.05, 3.63) is 10.4 Å². The fraction of sp³-hybridized carbons (Fsp3) is 0.684. The molecule has 2 N–H and O–H groups in total. The van der Waals surface area contributed by atoms with Crippen molar-refractivity contribution in [3.63, 3.8) is 0 Å². The highest BCUT2D eigenvalue weighted by atomic mass is 32.2. The van der Waals surface area contributed by atoms with Gasteiger partial charge in [0.05, 0.1) is 0 Å². The summed E-state index contributed by atoms with van der Waals surface area (Å²) in [5.41, 5.74) is 0.353. The van der Waals surface area contributed by atoms with Crippen LogP contribution in [0.1, 0.15) is 49.0 Å². The van der Waals surface area contributed by atoms with Crippen molar-refractivity contribution in [3.8, 4) is 0 Å². The molecule has 1 amide bonds. The maximum Gasteiger partial charge on any atom is 0.449 e. The molecule has 0 radical (unpaired) electrons. The number of hydrogen-bond donors (Lipinski definition) is 2. The molecule has 0 bridgehead atoms. The number of nitrogens with one attached hydrogen (secondary N) is 2. The van der Waals surface area contributed by atoms with Gasteiger partial charge in [0.25, 0.3) is 0 Å². The van der Waals surface area contributed by atoms with E-state index in [1.165, 1.54) is 0 Å². The number of aryl methyl sites for hydroxylation is 1. The summed E-state index contributed by atoms with van der Waals surface area (Å²) < 4.78 is 79.9. The summed E-state index contributed by atoms with van der Waals surface area (Å²) in [6.07, 6.45) is -4.51. The van der Waals surface area contributed by atoms with E-state index in [1.807, 2.05) is 0 Å². The van der Waals surface area contributed by atoms with Gasteiger partial charge in [-0.25, -0.2) is 17.5 Å². The minimum Gasteiger partial charge on any atom is -0.316 e. The van der Waals surface area contributed by atoms with Crippen LogP contribution in [0, 0.1) is 11.8 Å². The molecule has 12 heteroatoms. The molecule has 1 heterocycles. The highest BCUT2D eigenvalue weighted by Gasteiger charge is 2.42. The Morgan fingerprint density at radius 2 is 1.81 bits per heavy atom. The fourth-order valence-electron chi connectivity index (χ4n) is 4.03. The lowest BCUT2D eigenvalue weighted by Gasteiger charge is -2.30. The number of sulfonamides is 1. The second-order valence-corrected chi connectivity index (χ2v) is 11.3. The quantitative estimate of drug-likeness (QED) is 0.582. The molecule has 2 saturated carbocycles. The van der Waals surface area contributed by atoms with Gasteiger partial charge >= 0.3 is 6.18 Å². The van der Waals surface area contributed by atoms with Crippen molar-refractivity contribution in [2.45, 2.75) is 74.7 Å². The topological polar surface area (TPSA) is 92.3 Å². The van der Waals surface area contributed by atoms with Gasteiger partial charge < -0.3 is 5.32 Å². The van der Waals surface area contributed by atoms with E-state index in [2.05, 4.69) is 10.0 Å². The number of rotatable bonds is 7. The number of carbonyl (C=O) groups is 2. The van der Waals surface area contributed by atoms with Gasteiger partial charge in [0.1, 0.15) is 16.1 Å². The van der Waals surface area contributed by atoms with E-state index < -0.39 is 46.5 Å². The molecule has 172 valence electrons. The molecule has 1 aromatic heterocycles. The second-order valence-electron chi connectivity index (χ2n) is 8.55. The largest absolute Gasteiger partial charge is 0.449 e. The Bertz CT molecular complexity index is 995. The van der Waals surface area contributed by atoms with Crippen LogP contribution in [0.25, 0.3) is 0 Å². The van der Waals surface area contributed by atoms with E-state index >= 15 is 0 Å². The van der Waals surface area contributed by atoms with Gasteiger partial charge in [0.15, 0.2) is 0 Å². The summed E-state index contributed by atoms with van der Waals surface area (Å²) in [6, 6.07) is -0.561. The maximum atomic E-state index is 13.2. The lowest BCUT2D eigenvalue weighted by atomic mass is 9.85. The van der Waals surface area contributed by atoms with E-state index in [1.54, 1.807) is 0 Å². The molecule has 0 unspecified atom stereocenters. The standard InChI is InChI=1S/C19H22F4N2O4S2/c20-11-7-12(8-11)25-31(28,29)16-13-5-9(6-15(26)19(21,22)23)1-4-14(13)30-18(16)24-17(27)10-2-3-10/h9-12,25H,1-8H2,(H,24,27)/t9-,11?,12?/m0/s1. The average Bonchev–Trinajstić information content (AvgIpc) is 3.41. The van der Waals surface area contributed by atoms with Crippen LogP contribution in [-0.2, 0) is 32.5 Å². The van der Waals surface area contributed by atoms with E-state index in [0.717, 1.165) is 24.2 Å². The van der Waals surface area contributed by atoms with Crippen molar-refractivity contribution in [2.75, 3.05) is 5.32 Å². The molecule has 0 spiro atoms. The number of carbonyl (C=O) groups excluding carboxylic acids is 2. The van der Waals surface area contributed by atoms with Crippen molar-refractivity contribution >= 4 is 38.1 Å². The van der Waals surface area contributed by atoms with E-state index in [4.69, 9.17) is 0 Å². The summed E-state index contributed by atoms with van der Waals surface area (Å²) in [5.74, 6) is -2.93. The second kappa shape index (κ2) is 8.11. The summed E-state index contributed by atoms with van der Waals surface area (Å²) in [6.45, 7) is 0. The van der Waals surface area contributed by atoms with Crippen LogP contribution >= 0.6 is 11.3 Å². The molecule has 0 saturated heterocycles. The smallest absolute Gasteiger partial charge is 0.316 e. The Balaban J connectivity index is 1.62. The zero-order valence-corrected chi connectivity index (χ0v) is 18.1. The Morgan fingerprint density at radius 3 is 2.39 bits per heavy atom. The minimum absolute atomic E-state index is 0.000398. The number of amides is 1. The van der Waals surface area contributed by atoms with Crippen molar-refractivity contribution in [1.82, 2.24) is 4.72 Å². The molecular weight excluding hydrogens is 460 g/mol. The van der Waals surface area contributed by atoms with E-state index in [-0.39, 0.29) is 41.0 Å². The minimum atomic E-state index is -4.93. The summed E-state index contributed by atoms with van der Waals surface area (Å²) >= 11 is 1.11. The summed E-state index contributed by atoms with van der Waals surface area (Å²) in [7, 11) is -4.13. The van der Waals surface area contributed by atoms with Crippen molar-refractivity contribution in [2.24, 2.45) is 11.8 Å². The lowest BCUT2D eigenvalue weighted by Crippen LogP contribution is -2.45. The van der Waals surface area contributed by atoms with Gasteiger partial charge in [-0.1, -0.05) is 0 Å². The molecule has 6 nitrogen and oxygen atoms in total. The number of ketones is 1. The number of Topliss-reactive ketones (excluding diaryl/α,β-unsaturated/α-hetero) is 1. The van der Waals surface area contributed by atoms with Crippen LogP contribution in [-0.4, -0.2) is 38.5 Å². The molecule has 1 aromatic rings. The number of thiophene rings is 1. The normalized spacial score (nSPS) is 26.1. The van der Waals surface area contributed by atoms with Crippen LogP contribution in [0.3, 0.4) is 0 Å². The molecular formula is C19H22F4N2O4S2. The summed E-state index contributed by atoms with van der Waals surface area (Å²) in [4.78, 5) is 24.3. The molecule has 3 aliphatic carbocycles. The van der Waals surface area contributed by atoms with Gasteiger partial charge in [-0.05, 0) is 56.4 Å². The zero-order chi connectivity index (χ0) is 22.6. The first-order chi connectivity index (χ1) is 14.4. The predicted octanol–water partition coefficient (Wildman–Crippen LogP) is 3.50. The molecule has 4 rings (SSSR count). The maximum absolute atomic E-state index is 13.2. The van der Waals surface area contributed by atoms with Gasteiger partial charge in [-0.3, -0.25) is 9.59 Å². The van der Waals surface area contributed by atoms with Crippen LogP contribution < -0.4 is 10.0 Å². The molecule has 2 fully saturated rings. The number of alkyl halides is 4. The third-order valence-corrected chi connectivity index (χ3v) is 8.93. The van der Waals surface area contributed by atoms with Crippen LogP contribution in [0.15, 0.2) is 4.90 Å². The average molecular weight is 483 g/mol. The van der Waals surface area contributed by atoms with Crippen molar-refractivity contribution in [1.29, 1.82) is 0 Å². The highest BCUT2D eigenvalue weighted by Crippen LogP contribution is 2.44.